The van der Waals surface area contributed by atoms with E-state index in [1.807, 2.05) is 6.92 Å². The van der Waals surface area contributed by atoms with Gasteiger partial charge in [0.15, 0.2) is 5.82 Å². The van der Waals surface area contributed by atoms with Crippen molar-refractivity contribution in [2.45, 2.75) is 13.1 Å². The second-order valence-corrected chi connectivity index (χ2v) is 6.55. The third-order valence-electron chi connectivity index (χ3n) is 4.63. The molecule has 28 heavy (non-hydrogen) atoms. The van der Waals surface area contributed by atoms with Gasteiger partial charge in [-0.25, -0.2) is 9.38 Å². The molecule has 0 N–H and O–H groups in total. The van der Waals surface area contributed by atoms with Crippen LogP contribution < -0.4 is 4.90 Å². The van der Waals surface area contributed by atoms with Crippen molar-refractivity contribution in [2.75, 3.05) is 11.4 Å². The summed E-state index contributed by atoms with van der Waals surface area (Å²) in [5, 5.41) is 0.702. The first kappa shape index (κ1) is 18.2. The highest BCUT2D eigenvalue weighted by atomic mass is 19.4. The van der Waals surface area contributed by atoms with Crippen molar-refractivity contribution >= 4 is 28.6 Å². The first-order valence-corrected chi connectivity index (χ1v) is 8.56. The number of anilines is 1. The number of fused-ring (bicyclic) bond motifs is 1. The fourth-order valence-corrected chi connectivity index (χ4v) is 3.20. The summed E-state index contributed by atoms with van der Waals surface area (Å²) in [6, 6.07) is 11.8. The Balaban J connectivity index is 1.63. The molecule has 0 spiro atoms. The van der Waals surface area contributed by atoms with Gasteiger partial charge in [0.1, 0.15) is 5.52 Å². The molecule has 0 fully saturated rings. The maximum absolute atomic E-state index is 14.9. The SMILES string of the molecule is CC1=C(c2ccc3cccnc3c2F)N=CN(c2ccc(C(F)(F)F)cc2)C1. The van der Waals surface area contributed by atoms with Gasteiger partial charge in [-0.2, -0.15) is 13.2 Å². The van der Waals surface area contributed by atoms with Crippen molar-refractivity contribution in [1.29, 1.82) is 0 Å². The molecular formula is C21H15F4N3. The summed E-state index contributed by atoms with van der Waals surface area (Å²) in [5.41, 5.74) is 1.82. The number of pyridine rings is 1. The maximum Gasteiger partial charge on any atom is 0.416 e. The molecule has 1 aliphatic heterocycles. The minimum atomic E-state index is -4.38. The predicted octanol–water partition coefficient (Wildman–Crippen LogP) is 5.67. The first-order chi connectivity index (χ1) is 13.3. The molecule has 3 aromatic rings. The fourth-order valence-electron chi connectivity index (χ4n) is 3.20. The lowest BCUT2D eigenvalue weighted by Crippen LogP contribution is -2.26. The highest BCUT2D eigenvalue weighted by Gasteiger charge is 2.30. The zero-order valence-corrected chi connectivity index (χ0v) is 14.8. The van der Waals surface area contributed by atoms with E-state index in [0.717, 1.165) is 17.7 Å². The Hall–Kier alpha value is -3.22. The van der Waals surface area contributed by atoms with Crippen LogP contribution in [-0.2, 0) is 6.18 Å². The van der Waals surface area contributed by atoms with Gasteiger partial charge in [-0.05, 0) is 48.9 Å². The van der Waals surface area contributed by atoms with Crippen LogP contribution in [0.25, 0.3) is 16.6 Å². The summed E-state index contributed by atoms with van der Waals surface area (Å²) in [5.74, 6) is -0.437. The molecule has 3 nitrogen and oxygen atoms in total. The molecule has 0 aliphatic carbocycles. The quantitative estimate of drug-likeness (QED) is 0.532. The van der Waals surface area contributed by atoms with Gasteiger partial charge < -0.3 is 4.90 Å². The summed E-state index contributed by atoms with van der Waals surface area (Å²) in [4.78, 5) is 10.2. The van der Waals surface area contributed by atoms with Crippen LogP contribution in [0.4, 0.5) is 23.2 Å². The summed E-state index contributed by atoms with van der Waals surface area (Å²) in [7, 11) is 0. The number of benzene rings is 2. The summed E-state index contributed by atoms with van der Waals surface area (Å²) in [6.45, 7) is 2.22. The number of nitrogens with zero attached hydrogens (tertiary/aromatic N) is 3. The molecular weight excluding hydrogens is 370 g/mol. The molecule has 0 saturated heterocycles. The zero-order chi connectivity index (χ0) is 19.9. The standard InChI is InChI=1S/C21H15F4N3/c1-13-11-28(16-7-5-15(6-8-16)21(23,24)25)12-27-19(13)17-9-4-14-3-2-10-26-20(14)18(17)22/h2-10,12H,11H2,1H3. The summed E-state index contributed by atoms with van der Waals surface area (Å²) < 4.78 is 53.1. The van der Waals surface area contributed by atoms with Gasteiger partial charge in [0.25, 0.3) is 0 Å². The topological polar surface area (TPSA) is 28.5 Å². The minimum Gasteiger partial charge on any atom is -0.328 e. The number of hydrogen-bond acceptors (Lipinski definition) is 3. The summed E-state index contributed by atoms with van der Waals surface area (Å²) in [6.07, 6.45) is -1.33. The molecule has 4 rings (SSSR count). The van der Waals surface area contributed by atoms with Gasteiger partial charge in [-0.15, -0.1) is 0 Å². The number of rotatable bonds is 2. The number of aromatic nitrogens is 1. The largest absolute Gasteiger partial charge is 0.416 e. The van der Waals surface area contributed by atoms with E-state index in [1.165, 1.54) is 24.7 Å². The second-order valence-electron chi connectivity index (χ2n) is 6.55. The molecule has 2 heterocycles. The fraction of sp³-hybridized carbons (Fsp3) is 0.143. The first-order valence-electron chi connectivity index (χ1n) is 8.56. The number of halogens is 4. The molecule has 0 bridgehead atoms. The maximum atomic E-state index is 14.9. The molecule has 142 valence electrons. The highest BCUT2D eigenvalue weighted by molar-refractivity contribution is 5.91. The molecule has 0 radical (unpaired) electrons. The van der Waals surface area contributed by atoms with E-state index in [2.05, 4.69) is 9.98 Å². The third kappa shape index (κ3) is 3.24. The Morgan fingerprint density at radius 2 is 1.75 bits per heavy atom. The molecule has 7 heteroatoms. The molecule has 0 unspecified atom stereocenters. The van der Waals surface area contributed by atoms with Gasteiger partial charge >= 0.3 is 6.18 Å². The van der Waals surface area contributed by atoms with Gasteiger partial charge in [0, 0.05) is 29.4 Å². The Bertz CT molecular complexity index is 1100. The highest BCUT2D eigenvalue weighted by Crippen LogP contribution is 2.33. The zero-order valence-electron chi connectivity index (χ0n) is 14.8. The van der Waals surface area contributed by atoms with Crippen molar-refractivity contribution in [3.8, 4) is 0 Å². The van der Waals surface area contributed by atoms with Crippen molar-refractivity contribution < 1.29 is 17.6 Å². The number of aliphatic imine (C=N–C) groups is 1. The number of alkyl halides is 3. The van der Waals surface area contributed by atoms with Crippen LogP contribution in [0, 0.1) is 5.82 Å². The summed E-state index contributed by atoms with van der Waals surface area (Å²) >= 11 is 0. The molecule has 2 aromatic carbocycles. The Kier molecular flexibility index (Phi) is 4.37. The van der Waals surface area contributed by atoms with Crippen LogP contribution in [-0.4, -0.2) is 17.9 Å². The monoisotopic (exact) mass is 385 g/mol. The molecule has 1 aromatic heterocycles. The van der Waals surface area contributed by atoms with E-state index < -0.39 is 17.6 Å². The lowest BCUT2D eigenvalue weighted by Gasteiger charge is -2.25. The van der Waals surface area contributed by atoms with Crippen molar-refractivity contribution in [3.63, 3.8) is 0 Å². The van der Waals surface area contributed by atoms with Crippen molar-refractivity contribution in [3.05, 3.63) is 77.2 Å². The van der Waals surface area contributed by atoms with Crippen molar-refractivity contribution in [1.82, 2.24) is 4.98 Å². The van der Waals surface area contributed by atoms with Gasteiger partial charge in [-0.1, -0.05) is 12.1 Å². The minimum absolute atomic E-state index is 0.278. The molecule has 0 amide bonds. The van der Waals surface area contributed by atoms with E-state index in [1.54, 1.807) is 29.2 Å². The molecule has 0 saturated carbocycles. The lowest BCUT2D eigenvalue weighted by molar-refractivity contribution is -0.137. The normalized spacial score (nSPS) is 14.8. The van der Waals surface area contributed by atoms with Crippen molar-refractivity contribution in [2.24, 2.45) is 4.99 Å². The van der Waals surface area contributed by atoms with Crippen LogP contribution >= 0.6 is 0 Å². The smallest absolute Gasteiger partial charge is 0.328 e. The van der Waals surface area contributed by atoms with Gasteiger partial charge in [0.05, 0.1) is 17.6 Å². The van der Waals surface area contributed by atoms with Crippen LogP contribution in [0.1, 0.15) is 18.1 Å². The number of hydrogen-bond donors (Lipinski definition) is 0. The van der Waals surface area contributed by atoms with Gasteiger partial charge in [-0.3, -0.25) is 4.98 Å². The lowest BCUT2D eigenvalue weighted by atomic mass is 10.0. The van der Waals surface area contributed by atoms with Crippen LogP contribution in [0.5, 0.6) is 0 Å². The average Bonchev–Trinajstić information content (AvgIpc) is 2.68. The van der Waals surface area contributed by atoms with Crippen LogP contribution in [0.3, 0.4) is 0 Å². The predicted molar refractivity (Wildman–Crippen MR) is 102 cm³/mol. The molecule has 1 aliphatic rings. The average molecular weight is 385 g/mol. The van der Waals surface area contributed by atoms with E-state index in [-0.39, 0.29) is 5.52 Å². The van der Waals surface area contributed by atoms with E-state index >= 15 is 0 Å². The van der Waals surface area contributed by atoms with E-state index in [4.69, 9.17) is 0 Å². The second kappa shape index (κ2) is 6.74. The third-order valence-corrected chi connectivity index (χ3v) is 4.63. The Labute approximate surface area is 158 Å². The van der Waals surface area contributed by atoms with Crippen LogP contribution in [0.2, 0.25) is 0 Å². The molecule has 0 atom stereocenters. The van der Waals surface area contributed by atoms with E-state index in [9.17, 15) is 17.6 Å². The van der Waals surface area contributed by atoms with E-state index in [0.29, 0.717) is 28.9 Å². The Morgan fingerprint density at radius 1 is 1.00 bits per heavy atom. The van der Waals surface area contributed by atoms with Gasteiger partial charge in [0.2, 0.25) is 0 Å². The van der Waals surface area contributed by atoms with Crippen LogP contribution in [0.15, 0.2) is 65.3 Å². The Morgan fingerprint density at radius 3 is 2.43 bits per heavy atom.